The van der Waals surface area contributed by atoms with E-state index < -0.39 is 0 Å². The number of carbonyl (C=O) groups is 2. The molecule has 32 heavy (non-hydrogen) atoms. The van der Waals surface area contributed by atoms with Crippen LogP contribution in [0.3, 0.4) is 0 Å². The minimum Gasteiger partial charge on any atom is -0.457 e. The van der Waals surface area contributed by atoms with Crippen LogP contribution in [0.2, 0.25) is 0 Å². The first-order valence-electron chi connectivity index (χ1n) is 11.3. The highest BCUT2D eigenvalue weighted by Gasteiger charge is 2.22. The van der Waals surface area contributed by atoms with Gasteiger partial charge in [0.05, 0.1) is 39.5 Å². The van der Waals surface area contributed by atoms with Gasteiger partial charge >= 0.3 is 0 Å². The summed E-state index contributed by atoms with van der Waals surface area (Å²) in [6, 6.07) is 11.3. The fourth-order valence-electron chi connectivity index (χ4n) is 4.41. The smallest absolute Gasteiger partial charge is 0.176 e. The fourth-order valence-corrected chi connectivity index (χ4v) is 4.41. The van der Waals surface area contributed by atoms with E-state index in [0.717, 1.165) is 48.8 Å². The number of nitrogens with zero attached hydrogens (tertiary/aromatic N) is 2. The molecule has 0 radical (unpaired) electrons. The van der Waals surface area contributed by atoms with E-state index in [1.54, 1.807) is 0 Å². The second kappa shape index (κ2) is 9.50. The molecule has 0 unspecified atom stereocenters. The fraction of sp³-hybridized carbons (Fsp3) is 0.440. The van der Waals surface area contributed by atoms with Gasteiger partial charge in [0, 0.05) is 54.9 Å². The molecule has 3 heterocycles. The molecule has 7 heteroatoms. The lowest BCUT2D eigenvalue weighted by Crippen LogP contribution is -2.39. The standard InChI is InChI=1S/C25H28N2O5/c28-22(16-26-5-9-30-10-6-26)18-1-3-24-20(13-18)15-21-14-19(2-4-25(21)32-24)23(29)17-27-7-11-31-12-8-27/h1-4,13-14H,5-12,15-17H2. The molecular weight excluding hydrogens is 408 g/mol. The number of ether oxygens (including phenoxy) is 3. The van der Waals surface area contributed by atoms with Crippen molar-refractivity contribution in [1.82, 2.24) is 9.80 Å². The average molecular weight is 437 g/mol. The van der Waals surface area contributed by atoms with Crippen LogP contribution in [0.1, 0.15) is 31.8 Å². The number of hydrogen-bond donors (Lipinski definition) is 0. The van der Waals surface area contributed by atoms with E-state index in [9.17, 15) is 9.59 Å². The van der Waals surface area contributed by atoms with Gasteiger partial charge in [-0.2, -0.15) is 0 Å². The highest BCUT2D eigenvalue weighted by molar-refractivity contribution is 5.99. The molecule has 0 amide bonds. The number of rotatable bonds is 6. The van der Waals surface area contributed by atoms with Crippen molar-refractivity contribution in [2.45, 2.75) is 6.42 Å². The zero-order valence-electron chi connectivity index (χ0n) is 18.2. The molecule has 2 aromatic carbocycles. The first-order chi connectivity index (χ1) is 15.7. The molecule has 5 rings (SSSR count). The van der Waals surface area contributed by atoms with E-state index in [4.69, 9.17) is 14.2 Å². The van der Waals surface area contributed by atoms with Crippen molar-refractivity contribution < 1.29 is 23.8 Å². The molecule has 0 spiro atoms. The van der Waals surface area contributed by atoms with Crippen LogP contribution in [0.25, 0.3) is 0 Å². The van der Waals surface area contributed by atoms with Crippen LogP contribution in [0.4, 0.5) is 0 Å². The molecule has 0 N–H and O–H groups in total. The van der Waals surface area contributed by atoms with Crippen molar-refractivity contribution in [3.8, 4) is 11.5 Å². The first kappa shape index (κ1) is 21.3. The van der Waals surface area contributed by atoms with Gasteiger partial charge in [-0.05, 0) is 36.4 Å². The van der Waals surface area contributed by atoms with Gasteiger partial charge in [0.2, 0.25) is 0 Å². The quantitative estimate of drug-likeness (QED) is 0.550. The van der Waals surface area contributed by atoms with Crippen LogP contribution in [0.15, 0.2) is 36.4 Å². The van der Waals surface area contributed by atoms with E-state index in [1.165, 1.54) is 0 Å². The van der Waals surface area contributed by atoms with Crippen LogP contribution in [-0.4, -0.2) is 87.1 Å². The highest BCUT2D eigenvalue weighted by Crippen LogP contribution is 2.37. The third-order valence-electron chi connectivity index (χ3n) is 6.31. The minimum atomic E-state index is 0.106. The van der Waals surface area contributed by atoms with Gasteiger partial charge in [0.1, 0.15) is 11.5 Å². The van der Waals surface area contributed by atoms with E-state index >= 15 is 0 Å². The summed E-state index contributed by atoms with van der Waals surface area (Å²) in [5.41, 5.74) is 3.34. The summed E-state index contributed by atoms with van der Waals surface area (Å²) in [4.78, 5) is 29.8. The van der Waals surface area contributed by atoms with Gasteiger partial charge in [0.25, 0.3) is 0 Å². The second-order valence-electron chi connectivity index (χ2n) is 8.55. The normalized spacial score (nSPS) is 19.0. The van der Waals surface area contributed by atoms with E-state index in [2.05, 4.69) is 9.80 Å². The molecule has 3 aliphatic heterocycles. The Kier molecular flexibility index (Phi) is 6.32. The lowest BCUT2D eigenvalue weighted by Gasteiger charge is -2.26. The molecule has 7 nitrogen and oxygen atoms in total. The van der Waals surface area contributed by atoms with Crippen molar-refractivity contribution in [1.29, 1.82) is 0 Å². The molecule has 3 aliphatic rings. The van der Waals surface area contributed by atoms with Crippen molar-refractivity contribution >= 4 is 11.6 Å². The highest BCUT2D eigenvalue weighted by atomic mass is 16.5. The topological polar surface area (TPSA) is 68.3 Å². The Balaban J connectivity index is 1.28. The zero-order chi connectivity index (χ0) is 21.9. The lowest BCUT2D eigenvalue weighted by molar-refractivity contribution is 0.0368. The summed E-state index contributed by atoms with van der Waals surface area (Å²) < 4.78 is 16.8. The van der Waals surface area contributed by atoms with Crippen molar-refractivity contribution in [2.75, 3.05) is 65.7 Å². The maximum atomic E-state index is 12.8. The van der Waals surface area contributed by atoms with Crippen LogP contribution >= 0.6 is 0 Å². The van der Waals surface area contributed by atoms with E-state index in [-0.39, 0.29) is 11.6 Å². The predicted octanol–water partition coefficient (Wildman–Crippen LogP) is 2.41. The monoisotopic (exact) mass is 436 g/mol. The Labute approximate surface area is 187 Å². The molecule has 0 aliphatic carbocycles. The molecule has 2 aromatic rings. The van der Waals surface area contributed by atoms with E-state index in [1.807, 2.05) is 36.4 Å². The van der Waals surface area contributed by atoms with Crippen LogP contribution in [0, 0.1) is 0 Å². The third kappa shape index (κ3) is 4.76. The Bertz CT molecular complexity index is 930. The number of benzene rings is 2. The summed E-state index contributed by atoms with van der Waals surface area (Å²) in [7, 11) is 0. The molecule has 0 aromatic heterocycles. The Morgan fingerprint density at radius 1 is 0.688 bits per heavy atom. The molecule has 0 bridgehead atoms. The maximum Gasteiger partial charge on any atom is 0.176 e. The van der Waals surface area contributed by atoms with Gasteiger partial charge in [0.15, 0.2) is 11.6 Å². The molecular formula is C25H28N2O5. The van der Waals surface area contributed by atoms with Gasteiger partial charge in [-0.15, -0.1) is 0 Å². The minimum absolute atomic E-state index is 0.106. The number of Topliss-reactive ketones (excluding diaryl/α,β-unsaturated/α-hetero) is 2. The number of morpholine rings is 2. The molecule has 168 valence electrons. The molecule has 0 atom stereocenters. The Morgan fingerprint density at radius 2 is 1.12 bits per heavy atom. The van der Waals surface area contributed by atoms with E-state index in [0.29, 0.717) is 57.1 Å². The van der Waals surface area contributed by atoms with Crippen molar-refractivity contribution in [3.63, 3.8) is 0 Å². The number of ketones is 2. The first-order valence-corrected chi connectivity index (χ1v) is 11.3. The zero-order valence-corrected chi connectivity index (χ0v) is 18.2. The molecule has 2 fully saturated rings. The summed E-state index contributed by atoms with van der Waals surface area (Å²) in [6.45, 7) is 6.65. The number of fused-ring (bicyclic) bond motifs is 2. The number of hydrogen-bond acceptors (Lipinski definition) is 7. The van der Waals surface area contributed by atoms with Crippen LogP contribution in [0.5, 0.6) is 11.5 Å². The van der Waals surface area contributed by atoms with Gasteiger partial charge < -0.3 is 14.2 Å². The average Bonchev–Trinajstić information content (AvgIpc) is 2.83. The molecule has 0 saturated carbocycles. The van der Waals surface area contributed by atoms with Crippen molar-refractivity contribution in [2.24, 2.45) is 0 Å². The summed E-state index contributed by atoms with van der Waals surface area (Å²) in [5, 5.41) is 0. The summed E-state index contributed by atoms with van der Waals surface area (Å²) >= 11 is 0. The maximum absolute atomic E-state index is 12.8. The van der Waals surface area contributed by atoms with Gasteiger partial charge in [-0.1, -0.05) is 0 Å². The predicted molar refractivity (Wildman–Crippen MR) is 119 cm³/mol. The third-order valence-corrected chi connectivity index (χ3v) is 6.31. The Hall–Kier alpha value is -2.58. The summed E-state index contributed by atoms with van der Waals surface area (Å²) in [6.07, 6.45) is 0.641. The van der Waals surface area contributed by atoms with Gasteiger partial charge in [-0.3, -0.25) is 19.4 Å². The van der Waals surface area contributed by atoms with Crippen LogP contribution in [-0.2, 0) is 15.9 Å². The lowest BCUT2D eigenvalue weighted by atomic mass is 9.95. The Morgan fingerprint density at radius 3 is 1.56 bits per heavy atom. The number of carbonyl (C=O) groups excluding carboxylic acids is 2. The molecule has 2 saturated heterocycles. The summed E-state index contributed by atoms with van der Waals surface area (Å²) in [5.74, 6) is 1.76. The SMILES string of the molecule is O=C(CN1CCOCC1)c1ccc2c(c1)Cc1cc(C(=O)CN3CCOCC3)ccc1O2. The largest absolute Gasteiger partial charge is 0.457 e. The van der Waals surface area contributed by atoms with Crippen molar-refractivity contribution in [3.05, 3.63) is 58.7 Å². The van der Waals surface area contributed by atoms with Gasteiger partial charge in [-0.25, -0.2) is 0 Å². The van der Waals surface area contributed by atoms with Crippen LogP contribution < -0.4 is 4.74 Å². The second-order valence-corrected chi connectivity index (χ2v) is 8.55.